The lowest BCUT2D eigenvalue weighted by atomic mass is 10.0. The summed E-state index contributed by atoms with van der Waals surface area (Å²) in [5.74, 6) is 1.29. The Morgan fingerprint density at radius 1 is 1.04 bits per heavy atom. The summed E-state index contributed by atoms with van der Waals surface area (Å²) in [5.41, 5.74) is 1.17. The average Bonchev–Trinajstić information content (AvgIpc) is 3.43. The predicted molar refractivity (Wildman–Crippen MR) is 96.7 cm³/mol. The van der Waals surface area contributed by atoms with Crippen LogP contribution in [0.2, 0.25) is 0 Å². The van der Waals surface area contributed by atoms with Gasteiger partial charge in [0.25, 0.3) is 0 Å². The van der Waals surface area contributed by atoms with Crippen LogP contribution in [0, 0.1) is 5.92 Å². The van der Waals surface area contributed by atoms with E-state index in [9.17, 15) is 8.42 Å². The molecule has 134 valence electrons. The van der Waals surface area contributed by atoms with E-state index in [1.807, 2.05) is 12.1 Å². The predicted octanol–water partition coefficient (Wildman–Crippen LogP) is 3.89. The first kappa shape index (κ1) is 18.0. The van der Waals surface area contributed by atoms with E-state index in [0.29, 0.717) is 23.2 Å². The Hall–Kier alpha value is -1.85. The highest BCUT2D eigenvalue weighted by molar-refractivity contribution is 7.91. The summed E-state index contributed by atoms with van der Waals surface area (Å²) in [4.78, 5) is 0.596. The van der Waals surface area contributed by atoms with Gasteiger partial charge in [-0.1, -0.05) is 26.0 Å². The van der Waals surface area contributed by atoms with Crippen molar-refractivity contribution in [1.29, 1.82) is 0 Å². The third-order valence-electron chi connectivity index (χ3n) is 4.22. The molecule has 4 nitrogen and oxygen atoms in total. The van der Waals surface area contributed by atoms with Crippen LogP contribution in [0.5, 0.6) is 5.75 Å². The van der Waals surface area contributed by atoms with Gasteiger partial charge in [0.1, 0.15) is 18.5 Å². The second-order valence-electron chi connectivity index (χ2n) is 6.82. The van der Waals surface area contributed by atoms with Crippen LogP contribution in [0.15, 0.2) is 58.3 Å². The number of hydrogen-bond acceptors (Lipinski definition) is 4. The molecule has 2 aromatic rings. The van der Waals surface area contributed by atoms with Crippen LogP contribution < -0.4 is 4.74 Å². The van der Waals surface area contributed by atoms with Crippen LogP contribution in [-0.2, 0) is 21.0 Å². The van der Waals surface area contributed by atoms with Gasteiger partial charge in [-0.05, 0) is 60.7 Å². The maximum Gasteiger partial charge on any atom is 0.206 e. The first-order valence-corrected chi connectivity index (χ1v) is 10.1. The van der Waals surface area contributed by atoms with Crippen LogP contribution in [0.25, 0.3) is 0 Å². The van der Waals surface area contributed by atoms with Crippen molar-refractivity contribution < 1.29 is 17.9 Å². The lowest BCUT2D eigenvalue weighted by molar-refractivity contribution is 0.263. The van der Waals surface area contributed by atoms with Crippen LogP contribution in [-0.4, -0.2) is 27.7 Å². The normalized spacial score (nSPS) is 16.8. The molecular weight excluding hydrogens is 336 g/mol. The molecule has 1 saturated heterocycles. The van der Waals surface area contributed by atoms with Gasteiger partial charge in [0.15, 0.2) is 0 Å². The van der Waals surface area contributed by atoms with Crippen molar-refractivity contribution in [2.75, 3.05) is 13.2 Å². The van der Waals surface area contributed by atoms with Gasteiger partial charge in [-0.2, -0.15) is 0 Å². The Kier molecular flexibility index (Phi) is 5.45. The maximum absolute atomic E-state index is 12.7. The van der Waals surface area contributed by atoms with Crippen LogP contribution >= 0.6 is 0 Å². The number of ether oxygens (including phenoxy) is 2. The van der Waals surface area contributed by atoms with Gasteiger partial charge in [-0.25, -0.2) is 8.42 Å². The fraction of sp³-hybridized carbons (Fsp3) is 0.400. The van der Waals surface area contributed by atoms with Gasteiger partial charge in [-0.15, -0.1) is 0 Å². The Bertz CT molecular complexity index is 733. The summed E-state index contributed by atoms with van der Waals surface area (Å²) in [6, 6.07) is 13.7. The maximum atomic E-state index is 12.7. The standard InChI is InChI=1S/C20H24O4S/c1-15(2)3-4-16-5-9-19(10-6-16)25(21,22)20-11-7-17(8-12-20)23-13-18-14-24-18/h5-12,15,18H,3-4,13-14H2,1-2H3. The van der Waals surface area contributed by atoms with E-state index in [1.165, 1.54) is 5.56 Å². The monoisotopic (exact) mass is 360 g/mol. The van der Waals surface area contributed by atoms with Crippen molar-refractivity contribution in [3.63, 3.8) is 0 Å². The van der Waals surface area contributed by atoms with Gasteiger partial charge in [0, 0.05) is 0 Å². The SMILES string of the molecule is CC(C)CCc1ccc(S(=O)(=O)c2ccc(OCC3CO3)cc2)cc1. The quantitative estimate of drug-likeness (QED) is 0.670. The number of aryl methyl sites for hydroxylation is 1. The Balaban J connectivity index is 1.69. The minimum absolute atomic E-state index is 0.178. The summed E-state index contributed by atoms with van der Waals surface area (Å²) in [7, 11) is -3.50. The molecule has 0 radical (unpaired) electrons. The van der Waals surface area contributed by atoms with E-state index in [-0.39, 0.29) is 11.0 Å². The lowest BCUT2D eigenvalue weighted by Gasteiger charge is -2.09. The minimum Gasteiger partial charge on any atom is -0.491 e. The molecule has 3 rings (SSSR count). The molecule has 5 heteroatoms. The summed E-state index contributed by atoms with van der Waals surface area (Å²) < 4.78 is 36.1. The molecule has 2 aromatic carbocycles. The van der Waals surface area contributed by atoms with E-state index in [2.05, 4.69) is 13.8 Å². The zero-order valence-corrected chi connectivity index (χ0v) is 15.5. The van der Waals surface area contributed by atoms with Crippen molar-refractivity contribution in [3.8, 4) is 5.75 Å². The molecule has 1 aliphatic heterocycles. The second-order valence-corrected chi connectivity index (χ2v) is 8.77. The third kappa shape index (κ3) is 4.83. The molecule has 0 N–H and O–H groups in total. The lowest BCUT2D eigenvalue weighted by Crippen LogP contribution is -2.05. The average molecular weight is 360 g/mol. The number of benzene rings is 2. The topological polar surface area (TPSA) is 55.9 Å². The molecular formula is C20H24O4S. The third-order valence-corrected chi connectivity index (χ3v) is 6.00. The van der Waals surface area contributed by atoms with Crippen LogP contribution in [0.1, 0.15) is 25.8 Å². The van der Waals surface area contributed by atoms with Gasteiger partial charge >= 0.3 is 0 Å². The number of epoxide rings is 1. The highest BCUT2D eigenvalue weighted by Gasteiger charge is 2.23. The largest absolute Gasteiger partial charge is 0.491 e. The zero-order chi connectivity index (χ0) is 17.9. The van der Waals surface area contributed by atoms with Gasteiger partial charge < -0.3 is 9.47 Å². The molecule has 1 unspecified atom stereocenters. The van der Waals surface area contributed by atoms with Crippen molar-refractivity contribution in [2.24, 2.45) is 5.92 Å². The summed E-state index contributed by atoms with van der Waals surface area (Å²) in [6.45, 7) is 5.61. The molecule has 1 aliphatic rings. The van der Waals surface area contributed by atoms with Gasteiger partial charge in [0.05, 0.1) is 16.4 Å². The zero-order valence-electron chi connectivity index (χ0n) is 14.6. The first-order chi connectivity index (χ1) is 11.9. The number of sulfone groups is 1. The molecule has 0 spiro atoms. The smallest absolute Gasteiger partial charge is 0.206 e. The van der Waals surface area contributed by atoms with Crippen LogP contribution in [0.3, 0.4) is 0 Å². The van der Waals surface area contributed by atoms with Crippen molar-refractivity contribution >= 4 is 9.84 Å². The Morgan fingerprint density at radius 3 is 2.12 bits per heavy atom. The summed E-state index contributed by atoms with van der Waals surface area (Å²) in [6.07, 6.45) is 2.24. The van der Waals surface area contributed by atoms with Gasteiger partial charge in [0.2, 0.25) is 9.84 Å². The first-order valence-electron chi connectivity index (χ1n) is 8.63. The fourth-order valence-corrected chi connectivity index (χ4v) is 3.76. The molecule has 0 saturated carbocycles. The Morgan fingerprint density at radius 2 is 1.60 bits per heavy atom. The number of hydrogen-bond donors (Lipinski definition) is 0. The molecule has 0 aromatic heterocycles. The van der Waals surface area contributed by atoms with Gasteiger partial charge in [-0.3, -0.25) is 0 Å². The van der Waals surface area contributed by atoms with E-state index in [0.717, 1.165) is 19.4 Å². The molecule has 1 atom stereocenters. The molecule has 25 heavy (non-hydrogen) atoms. The summed E-state index contributed by atoms with van der Waals surface area (Å²) in [5, 5.41) is 0. The van der Waals surface area contributed by atoms with E-state index in [1.54, 1.807) is 36.4 Å². The molecule has 1 heterocycles. The minimum atomic E-state index is -3.50. The molecule has 0 amide bonds. The fourth-order valence-electron chi connectivity index (χ4n) is 2.50. The molecule has 0 bridgehead atoms. The van der Waals surface area contributed by atoms with E-state index < -0.39 is 9.84 Å². The van der Waals surface area contributed by atoms with E-state index >= 15 is 0 Å². The molecule has 0 aliphatic carbocycles. The Labute approximate surface area is 149 Å². The highest BCUT2D eigenvalue weighted by atomic mass is 32.2. The molecule has 1 fully saturated rings. The second kappa shape index (κ2) is 7.58. The highest BCUT2D eigenvalue weighted by Crippen LogP contribution is 2.24. The number of rotatable bonds is 8. The van der Waals surface area contributed by atoms with Crippen LogP contribution in [0.4, 0.5) is 0 Å². The van der Waals surface area contributed by atoms with Crippen molar-refractivity contribution in [1.82, 2.24) is 0 Å². The van der Waals surface area contributed by atoms with Crippen molar-refractivity contribution in [2.45, 2.75) is 42.6 Å². The van der Waals surface area contributed by atoms with E-state index in [4.69, 9.17) is 9.47 Å². The van der Waals surface area contributed by atoms with Crippen molar-refractivity contribution in [3.05, 3.63) is 54.1 Å². The summed E-state index contributed by atoms with van der Waals surface area (Å²) >= 11 is 0.